The minimum Gasteiger partial charge on any atom is -0.444 e. The van der Waals surface area contributed by atoms with Gasteiger partial charge >= 0.3 is 6.09 Å². The van der Waals surface area contributed by atoms with E-state index in [0.29, 0.717) is 13.0 Å². The van der Waals surface area contributed by atoms with Gasteiger partial charge in [0.25, 0.3) is 0 Å². The molecule has 28 heavy (non-hydrogen) atoms. The molecule has 2 aliphatic heterocycles. The van der Waals surface area contributed by atoms with E-state index in [-0.39, 0.29) is 18.0 Å². The van der Waals surface area contributed by atoms with E-state index < -0.39 is 5.60 Å². The largest absolute Gasteiger partial charge is 0.444 e. The zero-order chi connectivity index (χ0) is 19.9. The fourth-order valence-electron chi connectivity index (χ4n) is 3.69. The van der Waals surface area contributed by atoms with Gasteiger partial charge < -0.3 is 10.1 Å². The topological polar surface area (TPSA) is 71.5 Å². The van der Waals surface area contributed by atoms with Crippen LogP contribution >= 0.6 is 11.3 Å². The third-order valence-electron chi connectivity index (χ3n) is 4.96. The van der Waals surface area contributed by atoms with Crippen LogP contribution in [0.1, 0.15) is 56.6 Å². The second-order valence-corrected chi connectivity index (χ2v) is 9.24. The Balaban J connectivity index is 1.56. The number of carbonyl (C=O) groups excluding carboxylic acids is 2. The number of nitrogens with zero attached hydrogens (tertiary/aromatic N) is 2. The molecule has 2 aliphatic rings. The van der Waals surface area contributed by atoms with Gasteiger partial charge in [-0.3, -0.25) is 9.69 Å². The number of aromatic nitrogens is 1. The van der Waals surface area contributed by atoms with Crippen LogP contribution in [-0.2, 0) is 16.0 Å². The summed E-state index contributed by atoms with van der Waals surface area (Å²) in [5.74, 6) is 0.0290. The maximum Gasteiger partial charge on any atom is 0.410 e. The van der Waals surface area contributed by atoms with Crippen LogP contribution in [0, 0.1) is 0 Å². The molecule has 6 nitrogen and oxygen atoms in total. The standard InChI is InChI=1S/C21H25N3O3S/c1-21(2,3)27-20(26)24-9-5-4-6-17(24)19-23-16(12-28-19)13-7-8-15-14(10-13)11-18(25)22-15/h7-8,10,12,17H,4-6,9,11H2,1-3H3,(H,22,25)/t17-/m1/s1. The molecule has 0 saturated carbocycles. The van der Waals surface area contributed by atoms with Crippen molar-refractivity contribution in [2.45, 2.75) is 58.1 Å². The molecule has 2 aromatic rings. The number of benzene rings is 1. The van der Waals surface area contributed by atoms with Gasteiger partial charge in [0, 0.05) is 23.2 Å². The van der Waals surface area contributed by atoms with E-state index in [9.17, 15) is 9.59 Å². The molecular formula is C21H25N3O3S. The Morgan fingerprint density at radius 2 is 2.14 bits per heavy atom. The molecule has 7 heteroatoms. The van der Waals surface area contributed by atoms with Gasteiger partial charge in [-0.05, 0) is 57.7 Å². The zero-order valence-corrected chi connectivity index (χ0v) is 17.3. The molecule has 1 atom stereocenters. The molecule has 1 aromatic carbocycles. The van der Waals surface area contributed by atoms with Gasteiger partial charge in [0.05, 0.1) is 18.2 Å². The molecule has 2 amide bonds. The summed E-state index contributed by atoms with van der Waals surface area (Å²) < 4.78 is 5.61. The Morgan fingerprint density at radius 3 is 2.93 bits per heavy atom. The summed E-state index contributed by atoms with van der Waals surface area (Å²) in [5.41, 5.74) is 3.26. The summed E-state index contributed by atoms with van der Waals surface area (Å²) in [6, 6.07) is 5.90. The number of amides is 2. The summed E-state index contributed by atoms with van der Waals surface area (Å²) in [7, 11) is 0. The van der Waals surface area contributed by atoms with E-state index >= 15 is 0 Å². The number of fused-ring (bicyclic) bond motifs is 1. The second kappa shape index (κ2) is 7.20. The number of nitrogens with one attached hydrogen (secondary N) is 1. The van der Waals surface area contributed by atoms with Gasteiger partial charge in [0.2, 0.25) is 5.91 Å². The van der Waals surface area contributed by atoms with Crippen molar-refractivity contribution in [1.82, 2.24) is 9.88 Å². The average Bonchev–Trinajstić information content (AvgIpc) is 3.25. The Morgan fingerprint density at radius 1 is 1.32 bits per heavy atom. The molecule has 4 rings (SSSR count). The highest BCUT2D eigenvalue weighted by molar-refractivity contribution is 7.10. The highest BCUT2D eigenvalue weighted by atomic mass is 32.1. The molecule has 0 spiro atoms. The first-order chi connectivity index (χ1) is 13.3. The van der Waals surface area contributed by atoms with Crippen molar-refractivity contribution in [2.75, 3.05) is 11.9 Å². The minimum atomic E-state index is -0.511. The van der Waals surface area contributed by atoms with E-state index in [1.54, 1.807) is 11.3 Å². The summed E-state index contributed by atoms with van der Waals surface area (Å²) >= 11 is 1.58. The van der Waals surface area contributed by atoms with Crippen LogP contribution in [-0.4, -0.2) is 34.0 Å². The minimum absolute atomic E-state index is 0.0290. The van der Waals surface area contributed by atoms with Crippen LogP contribution in [0.3, 0.4) is 0 Å². The van der Waals surface area contributed by atoms with Crippen LogP contribution in [0.5, 0.6) is 0 Å². The Labute approximate surface area is 168 Å². The highest BCUT2D eigenvalue weighted by Crippen LogP contribution is 2.36. The zero-order valence-electron chi connectivity index (χ0n) is 16.4. The van der Waals surface area contributed by atoms with Crippen molar-refractivity contribution >= 4 is 29.0 Å². The maximum atomic E-state index is 12.7. The number of hydrogen-bond donors (Lipinski definition) is 1. The second-order valence-electron chi connectivity index (χ2n) is 8.35. The average molecular weight is 400 g/mol. The number of piperidine rings is 1. The molecule has 0 radical (unpaired) electrons. The van der Waals surface area contributed by atoms with Crippen molar-refractivity contribution < 1.29 is 14.3 Å². The number of ether oxygens (including phenoxy) is 1. The Bertz CT molecular complexity index is 916. The summed E-state index contributed by atoms with van der Waals surface area (Å²) in [6.45, 7) is 6.36. The molecule has 148 valence electrons. The van der Waals surface area contributed by atoms with Gasteiger partial charge in [0.15, 0.2) is 0 Å². The molecule has 0 aliphatic carbocycles. The predicted molar refractivity (Wildman–Crippen MR) is 109 cm³/mol. The number of rotatable bonds is 2. The number of carbonyl (C=O) groups is 2. The van der Waals surface area contributed by atoms with Crippen LogP contribution in [0.4, 0.5) is 10.5 Å². The van der Waals surface area contributed by atoms with Gasteiger partial charge in [-0.15, -0.1) is 11.3 Å². The lowest BCUT2D eigenvalue weighted by Crippen LogP contribution is -2.41. The van der Waals surface area contributed by atoms with Crippen LogP contribution in [0.15, 0.2) is 23.6 Å². The van der Waals surface area contributed by atoms with Gasteiger partial charge in [-0.1, -0.05) is 6.07 Å². The monoisotopic (exact) mass is 399 g/mol. The van der Waals surface area contributed by atoms with E-state index in [1.807, 2.05) is 49.3 Å². The normalized spacial score (nSPS) is 19.3. The third-order valence-corrected chi connectivity index (χ3v) is 5.91. The molecular weight excluding hydrogens is 374 g/mol. The Hall–Kier alpha value is -2.41. The fourth-order valence-corrected chi connectivity index (χ4v) is 4.66. The predicted octanol–water partition coefficient (Wildman–Crippen LogP) is 4.77. The fraction of sp³-hybridized carbons (Fsp3) is 0.476. The molecule has 0 unspecified atom stereocenters. The van der Waals surface area contributed by atoms with E-state index in [0.717, 1.165) is 46.8 Å². The van der Waals surface area contributed by atoms with Crippen molar-refractivity contribution in [1.29, 1.82) is 0 Å². The quantitative estimate of drug-likeness (QED) is 0.790. The molecule has 1 N–H and O–H groups in total. The van der Waals surface area contributed by atoms with Gasteiger partial charge in [0.1, 0.15) is 10.6 Å². The third kappa shape index (κ3) is 3.90. The van der Waals surface area contributed by atoms with Crippen LogP contribution in [0.2, 0.25) is 0 Å². The van der Waals surface area contributed by atoms with Gasteiger partial charge in [-0.25, -0.2) is 9.78 Å². The van der Waals surface area contributed by atoms with Crippen molar-refractivity contribution in [3.8, 4) is 11.3 Å². The first kappa shape index (κ1) is 18.9. The molecule has 3 heterocycles. The summed E-state index contributed by atoms with van der Waals surface area (Å²) in [6.07, 6.45) is 3.10. The van der Waals surface area contributed by atoms with Crippen LogP contribution in [0.25, 0.3) is 11.3 Å². The van der Waals surface area contributed by atoms with Crippen molar-refractivity contribution in [3.63, 3.8) is 0 Å². The number of anilines is 1. The van der Waals surface area contributed by atoms with E-state index in [4.69, 9.17) is 9.72 Å². The van der Waals surface area contributed by atoms with Crippen molar-refractivity contribution in [2.24, 2.45) is 0 Å². The summed E-state index contributed by atoms with van der Waals surface area (Å²) in [5, 5.41) is 5.83. The van der Waals surface area contributed by atoms with Crippen molar-refractivity contribution in [3.05, 3.63) is 34.2 Å². The van der Waals surface area contributed by atoms with Crippen LogP contribution < -0.4 is 5.32 Å². The molecule has 1 fully saturated rings. The molecule has 1 aromatic heterocycles. The van der Waals surface area contributed by atoms with E-state index in [2.05, 4.69) is 5.32 Å². The summed E-state index contributed by atoms with van der Waals surface area (Å²) in [4.78, 5) is 30.9. The lowest BCUT2D eigenvalue weighted by atomic mass is 10.0. The highest BCUT2D eigenvalue weighted by Gasteiger charge is 2.33. The van der Waals surface area contributed by atoms with Gasteiger partial charge in [-0.2, -0.15) is 0 Å². The van der Waals surface area contributed by atoms with E-state index in [1.165, 1.54) is 0 Å². The SMILES string of the molecule is CC(C)(C)OC(=O)N1CCCC[C@@H]1c1nc(-c2ccc3c(c2)CC(=O)N3)cs1. The number of likely N-dealkylation sites (tertiary alicyclic amines) is 1. The number of thiazole rings is 1. The molecule has 0 bridgehead atoms. The first-order valence-electron chi connectivity index (χ1n) is 9.68. The smallest absolute Gasteiger partial charge is 0.410 e. The first-order valence-corrected chi connectivity index (χ1v) is 10.6. The maximum absolute atomic E-state index is 12.7. The number of hydrogen-bond acceptors (Lipinski definition) is 5. The lowest BCUT2D eigenvalue weighted by molar-refractivity contribution is -0.115. The Kier molecular flexibility index (Phi) is 4.87. The lowest BCUT2D eigenvalue weighted by Gasteiger charge is -2.35. The molecule has 1 saturated heterocycles.